The van der Waals surface area contributed by atoms with Gasteiger partial charge in [-0.2, -0.15) is 0 Å². The Morgan fingerprint density at radius 2 is 1.72 bits per heavy atom. The van der Waals surface area contributed by atoms with E-state index in [0.29, 0.717) is 19.0 Å². The number of nitrogens with one attached hydrogen (secondary N) is 1. The van der Waals surface area contributed by atoms with Gasteiger partial charge in [0.25, 0.3) is 0 Å². The van der Waals surface area contributed by atoms with E-state index in [-0.39, 0.29) is 35.2 Å². The number of anilines is 1. The third-order valence-corrected chi connectivity index (χ3v) is 6.50. The normalized spacial score (nSPS) is 18.8. The van der Waals surface area contributed by atoms with Crippen LogP contribution in [0.5, 0.6) is 5.75 Å². The van der Waals surface area contributed by atoms with Crippen LogP contribution in [-0.2, 0) is 10.2 Å². The summed E-state index contributed by atoms with van der Waals surface area (Å²) in [7, 11) is 1.81. The summed E-state index contributed by atoms with van der Waals surface area (Å²) < 4.78 is 19.1. The molecule has 0 amide bonds. The average molecular weight is 554 g/mol. The molecule has 6 nitrogen and oxygen atoms in total. The number of aliphatic imine (C=N–C) groups is 1. The maximum atomic E-state index is 13.5. The third-order valence-electron chi connectivity index (χ3n) is 6.50. The number of hydrogen-bond acceptors (Lipinski definition) is 4. The van der Waals surface area contributed by atoms with Crippen molar-refractivity contribution in [3.8, 4) is 5.75 Å². The molecule has 2 aliphatic heterocycles. The van der Waals surface area contributed by atoms with E-state index in [4.69, 9.17) is 4.74 Å². The van der Waals surface area contributed by atoms with Crippen molar-refractivity contribution in [3.05, 3.63) is 59.9 Å². The fourth-order valence-corrected chi connectivity index (χ4v) is 4.60. The number of ether oxygens (including phenoxy) is 1. The third kappa shape index (κ3) is 5.46. The number of rotatable bonds is 4. The van der Waals surface area contributed by atoms with Gasteiger partial charge in [0.05, 0.1) is 5.69 Å². The highest BCUT2D eigenvalue weighted by molar-refractivity contribution is 14.0. The van der Waals surface area contributed by atoms with Crippen LogP contribution in [0.1, 0.15) is 18.4 Å². The fourth-order valence-electron chi connectivity index (χ4n) is 4.60. The van der Waals surface area contributed by atoms with Gasteiger partial charge in [0.2, 0.25) is 0 Å². The molecule has 0 aliphatic carbocycles. The molecule has 32 heavy (non-hydrogen) atoms. The van der Waals surface area contributed by atoms with Crippen molar-refractivity contribution in [1.82, 2.24) is 10.2 Å². The van der Waals surface area contributed by atoms with Gasteiger partial charge >= 0.3 is 0 Å². The van der Waals surface area contributed by atoms with Gasteiger partial charge in [-0.1, -0.05) is 24.3 Å². The monoisotopic (exact) mass is 554 g/mol. The van der Waals surface area contributed by atoms with E-state index in [1.807, 2.05) is 37.4 Å². The van der Waals surface area contributed by atoms with E-state index in [1.54, 1.807) is 18.2 Å². The van der Waals surface area contributed by atoms with Crippen molar-refractivity contribution in [2.75, 3.05) is 57.9 Å². The van der Waals surface area contributed by atoms with E-state index in [1.165, 1.54) is 0 Å². The molecule has 2 fully saturated rings. The summed E-state index contributed by atoms with van der Waals surface area (Å²) in [5.74, 6) is 0.987. The van der Waals surface area contributed by atoms with Gasteiger partial charge < -0.3 is 25.0 Å². The first kappa shape index (κ1) is 24.6. The zero-order valence-corrected chi connectivity index (χ0v) is 20.8. The predicted octanol–water partition coefficient (Wildman–Crippen LogP) is 3.60. The summed E-state index contributed by atoms with van der Waals surface area (Å²) in [5.41, 5.74) is 1.92. The lowest BCUT2D eigenvalue weighted by Crippen LogP contribution is -2.55. The van der Waals surface area contributed by atoms with Gasteiger partial charge in [0.1, 0.15) is 11.6 Å². The molecule has 4 rings (SSSR count). The Hall–Kier alpha value is -2.07. The zero-order valence-electron chi connectivity index (χ0n) is 18.5. The largest absolute Gasteiger partial charge is 0.506 e. The van der Waals surface area contributed by atoms with Gasteiger partial charge in [-0.3, -0.25) is 4.99 Å². The van der Waals surface area contributed by atoms with Crippen LogP contribution in [0.3, 0.4) is 0 Å². The smallest absolute Gasteiger partial charge is 0.193 e. The van der Waals surface area contributed by atoms with E-state index >= 15 is 0 Å². The van der Waals surface area contributed by atoms with Crippen molar-refractivity contribution >= 4 is 35.6 Å². The minimum Gasteiger partial charge on any atom is -0.506 e. The molecule has 0 spiro atoms. The van der Waals surface area contributed by atoms with Crippen molar-refractivity contribution in [2.24, 2.45) is 4.99 Å². The first-order valence-corrected chi connectivity index (χ1v) is 10.9. The second kappa shape index (κ2) is 11.2. The molecule has 0 atom stereocenters. The molecular formula is C24H32FIN4O2. The second-order valence-electron chi connectivity index (χ2n) is 8.26. The number of phenols is 1. The first-order chi connectivity index (χ1) is 15.1. The second-order valence-corrected chi connectivity index (χ2v) is 8.26. The molecular weight excluding hydrogens is 522 g/mol. The van der Waals surface area contributed by atoms with E-state index < -0.39 is 0 Å². The Bertz CT molecular complexity index is 895. The SMILES string of the molecule is CN=C(NCC1(c2ccc(F)cc2)CCOCC1)N1CCN(c2ccccc2O)CC1.I. The lowest BCUT2D eigenvalue weighted by atomic mass is 9.74. The summed E-state index contributed by atoms with van der Waals surface area (Å²) in [4.78, 5) is 8.99. The topological polar surface area (TPSA) is 60.3 Å². The van der Waals surface area contributed by atoms with Crippen LogP contribution in [0.2, 0.25) is 0 Å². The quantitative estimate of drug-likeness (QED) is 0.344. The Kier molecular flexibility index (Phi) is 8.58. The summed E-state index contributed by atoms with van der Waals surface area (Å²) in [6, 6.07) is 14.4. The number of phenolic OH excluding ortho intramolecular Hbond substituents is 1. The number of hydrogen-bond donors (Lipinski definition) is 2. The van der Waals surface area contributed by atoms with Crippen LogP contribution in [0.4, 0.5) is 10.1 Å². The Labute approximate surface area is 206 Å². The van der Waals surface area contributed by atoms with Gasteiger partial charge in [0.15, 0.2) is 5.96 Å². The summed E-state index contributed by atoms with van der Waals surface area (Å²) in [6.07, 6.45) is 1.79. The highest BCUT2D eigenvalue weighted by Gasteiger charge is 2.35. The van der Waals surface area contributed by atoms with Crippen LogP contribution in [0, 0.1) is 5.82 Å². The zero-order chi connectivity index (χ0) is 21.7. The van der Waals surface area contributed by atoms with Gasteiger partial charge in [-0.05, 0) is 42.7 Å². The maximum Gasteiger partial charge on any atom is 0.193 e. The van der Waals surface area contributed by atoms with Crippen molar-refractivity contribution < 1.29 is 14.2 Å². The van der Waals surface area contributed by atoms with Crippen LogP contribution >= 0.6 is 24.0 Å². The van der Waals surface area contributed by atoms with Crippen LogP contribution < -0.4 is 10.2 Å². The molecule has 0 bridgehead atoms. The molecule has 2 aliphatic rings. The predicted molar refractivity (Wildman–Crippen MR) is 137 cm³/mol. The molecule has 2 aromatic carbocycles. The lowest BCUT2D eigenvalue weighted by molar-refractivity contribution is 0.0511. The van der Waals surface area contributed by atoms with E-state index in [0.717, 1.165) is 62.8 Å². The Balaban J connectivity index is 0.00000289. The minimum absolute atomic E-state index is 0. The van der Waals surface area contributed by atoms with Gasteiger partial charge in [-0.15, -0.1) is 24.0 Å². The molecule has 2 heterocycles. The number of halogens is 2. The Morgan fingerprint density at radius 3 is 2.34 bits per heavy atom. The number of nitrogens with zero attached hydrogens (tertiary/aromatic N) is 3. The van der Waals surface area contributed by atoms with Crippen molar-refractivity contribution in [3.63, 3.8) is 0 Å². The van der Waals surface area contributed by atoms with Crippen LogP contribution in [0.25, 0.3) is 0 Å². The fraction of sp³-hybridized carbons (Fsp3) is 0.458. The molecule has 0 saturated carbocycles. The minimum atomic E-state index is -0.211. The number of aromatic hydroxyl groups is 1. The van der Waals surface area contributed by atoms with Gasteiger partial charge in [0, 0.05) is 58.4 Å². The van der Waals surface area contributed by atoms with E-state index in [2.05, 4.69) is 20.1 Å². The first-order valence-electron chi connectivity index (χ1n) is 10.9. The van der Waals surface area contributed by atoms with Crippen molar-refractivity contribution in [1.29, 1.82) is 0 Å². The highest BCUT2D eigenvalue weighted by atomic mass is 127. The number of guanidine groups is 1. The molecule has 174 valence electrons. The number of para-hydroxylation sites is 2. The summed E-state index contributed by atoms with van der Waals surface area (Å²) in [6.45, 7) is 5.41. The molecule has 2 aromatic rings. The number of benzene rings is 2. The standard InChI is InChI=1S/C24H31FN4O2.HI/c1-26-23(29-14-12-28(13-15-29)21-4-2-3-5-22(21)30)27-18-24(10-16-31-17-11-24)19-6-8-20(25)9-7-19;/h2-9,30H,10-18H2,1H3,(H,26,27);1H. The van der Waals surface area contributed by atoms with E-state index in [9.17, 15) is 9.50 Å². The van der Waals surface area contributed by atoms with Crippen LogP contribution in [-0.4, -0.2) is 69.0 Å². The molecule has 2 saturated heterocycles. The highest BCUT2D eigenvalue weighted by Crippen LogP contribution is 2.34. The molecule has 8 heteroatoms. The molecule has 0 aromatic heterocycles. The maximum absolute atomic E-state index is 13.5. The van der Waals surface area contributed by atoms with Gasteiger partial charge in [-0.25, -0.2) is 4.39 Å². The molecule has 2 N–H and O–H groups in total. The lowest BCUT2D eigenvalue weighted by Gasteiger charge is -2.41. The number of piperazine rings is 1. The van der Waals surface area contributed by atoms with Crippen LogP contribution in [0.15, 0.2) is 53.5 Å². The summed E-state index contributed by atoms with van der Waals surface area (Å²) >= 11 is 0. The average Bonchev–Trinajstić information content (AvgIpc) is 2.81. The van der Waals surface area contributed by atoms with Crippen molar-refractivity contribution in [2.45, 2.75) is 18.3 Å². The molecule has 0 unspecified atom stereocenters. The summed E-state index contributed by atoms with van der Waals surface area (Å²) in [5, 5.41) is 13.7. The Morgan fingerprint density at radius 1 is 1.06 bits per heavy atom. The molecule has 0 radical (unpaired) electrons.